The van der Waals surface area contributed by atoms with Crippen molar-refractivity contribution in [3.05, 3.63) is 35.4 Å². The molecule has 0 spiro atoms. The first-order chi connectivity index (χ1) is 10.3. The summed E-state index contributed by atoms with van der Waals surface area (Å²) in [5.74, 6) is -0.0186. The molecule has 0 unspecified atom stereocenters. The highest BCUT2D eigenvalue weighted by Crippen LogP contribution is 2.10. The Labute approximate surface area is 126 Å². The van der Waals surface area contributed by atoms with E-state index < -0.39 is 0 Å². The first kappa shape index (κ1) is 15.9. The van der Waals surface area contributed by atoms with E-state index in [2.05, 4.69) is 16.3 Å². The molecule has 2 rings (SSSR count). The van der Waals surface area contributed by atoms with Crippen LogP contribution in [0.2, 0.25) is 0 Å². The molecule has 1 aromatic rings. The Kier molecular flexibility index (Phi) is 6.66. The van der Waals surface area contributed by atoms with Crippen molar-refractivity contribution in [2.24, 2.45) is 0 Å². The molecule has 1 N–H and O–H groups in total. The summed E-state index contributed by atoms with van der Waals surface area (Å²) >= 11 is 0. The molecule has 5 nitrogen and oxygen atoms in total. The number of carbonyl (C=O) groups excluding carboxylic acids is 1. The summed E-state index contributed by atoms with van der Waals surface area (Å²) in [5, 5.41) is 2.91. The maximum atomic E-state index is 12.1. The lowest BCUT2D eigenvalue weighted by Gasteiger charge is -2.26. The second-order valence-corrected chi connectivity index (χ2v) is 5.19. The van der Waals surface area contributed by atoms with E-state index in [0.717, 1.165) is 44.8 Å². The summed E-state index contributed by atoms with van der Waals surface area (Å²) in [4.78, 5) is 14.4. The van der Waals surface area contributed by atoms with Crippen LogP contribution < -0.4 is 5.32 Å². The summed E-state index contributed by atoms with van der Waals surface area (Å²) in [6, 6.07) is 7.84. The zero-order chi connectivity index (χ0) is 14.9. The molecule has 1 aliphatic heterocycles. The molecule has 21 heavy (non-hydrogen) atoms. The van der Waals surface area contributed by atoms with Gasteiger partial charge in [0.25, 0.3) is 5.91 Å². The van der Waals surface area contributed by atoms with Crippen molar-refractivity contribution in [3.8, 4) is 0 Å². The number of hydrogen-bond acceptors (Lipinski definition) is 4. The molecule has 0 aromatic heterocycles. The van der Waals surface area contributed by atoms with Crippen LogP contribution in [0.1, 0.15) is 22.3 Å². The topological polar surface area (TPSA) is 50.8 Å². The van der Waals surface area contributed by atoms with Crippen molar-refractivity contribution in [1.82, 2.24) is 10.2 Å². The molecule has 0 atom stereocenters. The van der Waals surface area contributed by atoms with Gasteiger partial charge in [-0.25, -0.2) is 0 Å². The van der Waals surface area contributed by atoms with E-state index >= 15 is 0 Å². The Morgan fingerprint density at radius 2 is 2.19 bits per heavy atom. The normalized spacial score (nSPS) is 15.9. The number of amides is 1. The lowest BCUT2D eigenvalue weighted by atomic mass is 10.1. The molecule has 1 aromatic carbocycles. The van der Waals surface area contributed by atoms with Crippen molar-refractivity contribution in [3.63, 3.8) is 0 Å². The van der Waals surface area contributed by atoms with Gasteiger partial charge in [0.05, 0.1) is 13.2 Å². The molecule has 0 bridgehead atoms. The highest BCUT2D eigenvalue weighted by Gasteiger charge is 2.12. The minimum Gasteiger partial charge on any atom is -0.385 e. The van der Waals surface area contributed by atoms with Crippen LogP contribution in [-0.4, -0.2) is 57.4 Å². The molecule has 0 radical (unpaired) electrons. The fourth-order valence-corrected chi connectivity index (χ4v) is 2.35. The number of hydrogen-bond donors (Lipinski definition) is 1. The predicted molar refractivity (Wildman–Crippen MR) is 81.4 cm³/mol. The van der Waals surface area contributed by atoms with Gasteiger partial charge in [-0.1, -0.05) is 12.1 Å². The Hall–Kier alpha value is -1.43. The van der Waals surface area contributed by atoms with Gasteiger partial charge in [0.1, 0.15) is 0 Å². The van der Waals surface area contributed by atoms with E-state index in [9.17, 15) is 4.79 Å². The number of ether oxygens (including phenoxy) is 2. The second-order valence-electron chi connectivity index (χ2n) is 5.19. The number of morpholine rings is 1. The van der Waals surface area contributed by atoms with Gasteiger partial charge in [-0.15, -0.1) is 0 Å². The van der Waals surface area contributed by atoms with Gasteiger partial charge >= 0.3 is 0 Å². The average Bonchev–Trinajstić information content (AvgIpc) is 2.53. The Bertz CT molecular complexity index is 445. The molecule has 0 saturated carbocycles. The minimum atomic E-state index is -0.0186. The lowest BCUT2D eigenvalue weighted by molar-refractivity contribution is 0.0342. The summed E-state index contributed by atoms with van der Waals surface area (Å²) in [6.07, 6.45) is 0.829. The predicted octanol–water partition coefficient (Wildman–Crippen LogP) is 1.29. The Morgan fingerprint density at radius 1 is 1.38 bits per heavy atom. The van der Waals surface area contributed by atoms with Crippen LogP contribution in [0.25, 0.3) is 0 Å². The summed E-state index contributed by atoms with van der Waals surface area (Å²) in [7, 11) is 1.66. The molecular weight excluding hydrogens is 268 g/mol. The summed E-state index contributed by atoms with van der Waals surface area (Å²) in [5.41, 5.74) is 1.89. The highest BCUT2D eigenvalue weighted by molar-refractivity contribution is 5.94. The number of nitrogens with one attached hydrogen (secondary N) is 1. The van der Waals surface area contributed by atoms with Crippen LogP contribution in [-0.2, 0) is 16.0 Å². The molecule has 116 valence electrons. The largest absolute Gasteiger partial charge is 0.385 e. The Balaban J connectivity index is 1.85. The number of rotatable bonds is 7. The zero-order valence-corrected chi connectivity index (χ0v) is 12.6. The smallest absolute Gasteiger partial charge is 0.251 e. The molecule has 0 aliphatic carbocycles. The molecular formula is C16H24N2O3. The molecule has 1 heterocycles. The van der Waals surface area contributed by atoms with Gasteiger partial charge in [-0.3, -0.25) is 9.69 Å². The van der Waals surface area contributed by atoms with Crippen molar-refractivity contribution in [2.45, 2.75) is 13.0 Å². The summed E-state index contributed by atoms with van der Waals surface area (Å²) in [6.45, 7) is 5.66. The van der Waals surface area contributed by atoms with Crippen LogP contribution in [0, 0.1) is 0 Å². The first-order valence-electron chi connectivity index (χ1n) is 7.46. The number of carbonyl (C=O) groups is 1. The third-order valence-electron chi connectivity index (χ3n) is 3.51. The van der Waals surface area contributed by atoms with Gasteiger partial charge in [0.2, 0.25) is 0 Å². The van der Waals surface area contributed by atoms with Crippen LogP contribution >= 0.6 is 0 Å². The fraction of sp³-hybridized carbons (Fsp3) is 0.562. The average molecular weight is 292 g/mol. The van der Waals surface area contributed by atoms with E-state index in [-0.39, 0.29) is 5.91 Å². The van der Waals surface area contributed by atoms with E-state index in [1.807, 2.05) is 18.2 Å². The van der Waals surface area contributed by atoms with E-state index in [1.54, 1.807) is 7.11 Å². The third-order valence-corrected chi connectivity index (χ3v) is 3.51. The zero-order valence-electron chi connectivity index (χ0n) is 12.6. The fourth-order valence-electron chi connectivity index (χ4n) is 2.35. The number of methoxy groups -OCH3 is 1. The van der Waals surface area contributed by atoms with Gasteiger partial charge < -0.3 is 14.8 Å². The molecule has 1 saturated heterocycles. The van der Waals surface area contributed by atoms with Crippen LogP contribution in [0.3, 0.4) is 0 Å². The van der Waals surface area contributed by atoms with E-state index in [1.165, 1.54) is 5.56 Å². The van der Waals surface area contributed by atoms with Crippen molar-refractivity contribution in [1.29, 1.82) is 0 Å². The molecule has 1 aliphatic rings. The van der Waals surface area contributed by atoms with Gasteiger partial charge in [0, 0.05) is 45.5 Å². The van der Waals surface area contributed by atoms with Gasteiger partial charge in [-0.2, -0.15) is 0 Å². The van der Waals surface area contributed by atoms with Crippen molar-refractivity contribution < 1.29 is 14.3 Å². The lowest BCUT2D eigenvalue weighted by Crippen LogP contribution is -2.35. The summed E-state index contributed by atoms with van der Waals surface area (Å²) < 4.78 is 10.3. The standard InChI is InChI=1S/C16H24N2O3/c1-20-9-3-6-17-16(19)15-5-2-4-14(12-15)13-18-7-10-21-11-8-18/h2,4-5,12H,3,6-11,13H2,1H3,(H,17,19). The van der Waals surface area contributed by atoms with Crippen molar-refractivity contribution in [2.75, 3.05) is 46.6 Å². The van der Waals surface area contributed by atoms with Gasteiger partial charge in [0.15, 0.2) is 0 Å². The SMILES string of the molecule is COCCCNC(=O)c1cccc(CN2CCOCC2)c1. The second kappa shape index (κ2) is 8.77. The quantitative estimate of drug-likeness (QED) is 0.769. The van der Waals surface area contributed by atoms with Crippen molar-refractivity contribution >= 4 is 5.91 Å². The molecule has 1 fully saturated rings. The first-order valence-corrected chi connectivity index (χ1v) is 7.46. The van der Waals surface area contributed by atoms with Crippen LogP contribution in [0.15, 0.2) is 24.3 Å². The third kappa shape index (κ3) is 5.46. The molecule has 5 heteroatoms. The van der Waals surface area contributed by atoms with E-state index in [0.29, 0.717) is 13.2 Å². The van der Waals surface area contributed by atoms with Crippen LogP contribution in [0.5, 0.6) is 0 Å². The maximum absolute atomic E-state index is 12.1. The number of benzene rings is 1. The monoisotopic (exact) mass is 292 g/mol. The van der Waals surface area contributed by atoms with Crippen LogP contribution in [0.4, 0.5) is 0 Å². The van der Waals surface area contributed by atoms with Gasteiger partial charge in [-0.05, 0) is 24.1 Å². The van der Waals surface area contributed by atoms with E-state index in [4.69, 9.17) is 9.47 Å². The highest BCUT2D eigenvalue weighted by atomic mass is 16.5. The maximum Gasteiger partial charge on any atom is 0.251 e. The minimum absolute atomic E-state index is 0.0186. The number of nitrogens with zero attached hydrogens (tertiary/aromatic N) is 1. The Morgan fingerprint density at radius 3 is 2.95 bits per heavy atom. The molecule has 1 amide bonds.